The number of benzene rings is 1. The van der Waals surface area contributed by atoms with Crippen LogP contribution in [0.2, 0.25) is 0 Å². The minimum atomic E-state index is -4.13. The van der Waals surface area contributed by atoms with Crippen LogP contribution in [-0.4, -0.2) is 55.9 Å². The summed E-state index contributed by atoms with van der Waals surface area (Å²) in [6, 6.07) is 1.61. The van der Waals surface area contributed by atoms with E-state index in [1.807, 2.05) is 19.0 Å². The van der Waals surface area contributed by atoms with Crippen molar-refractivity contribution < 1.29 is 17.9 Å². The SMILES string of the molecule is CN(C)[C@@H]1COc2c(S(=O)(=O)NC(=O)Nc3c4c(cc5c3CCC5)CCC4)cnn2C1. The second-order valence-electron chi connectivity index (χ2n) is 8.72. The number of carbonyl (C=O) groups excluding carboxylic acids is 1. The van der Waals surface area contributed by atoms with Gasteiger partial charge in [0.1, 0.15) is 6.61 Å². The molecule has 1 atom stereocenters. The quantitative estimate of drug-likeness (QED) is 0.742. The number of hydrogen-bond donors (Lipinski definition) is 2. The van der Waals surface area contributed by atoms with Crippen molar-refractivity contribution in [3.05, 3.63) is 34.5 Å². The maximum atomic E-state index is 12.9. The van der Waals surface area contributed by atoms with Crippen LogP contribution in [0, 0.1) is 0 Å². The summed E-state index contributed by atoms with van der Waals surface area (Å²) < 4.78 is 35.2. The minimum absolute atomic E-state index is 0.0986. The molecule has 9 nitrogen and oxygen atoms in total. The molecule has 2 amide bonds. The van der Waals surface area contributed by atoms with Gasteiger partial charge in [0.2, 0.25) is 5.88 Å². The molecule has 2 heterocycles. The maximum absolute atomic E-state index is 12.9. The lowest BCUT2D eigenvalue weighted by molar-refractivity contribution is 0.117. The normalized spacial score (nSPS) is 19.5. The van der Waals surface area contributed by atoms with Gasteiger partial charge in [0.15, 0.2) is 4.90 Å². The van der Waals surface area contributed by atoms with Crippen molar-refractivity contribution in [2.75, 3.05) is 26.0 Å². The molecule has 166 valence electrons. The number of rotatable bonds is 4. The van der Waals surface area contributed by atoms with Gasteiger partial charge in [-0.25, -0.2) is 22.6 Å². The number of likely N-dealkylation sites (N-methyl/N-ethyl adjacent to an activating group) is 1. The predicted octanol–water partition coefficient (Wildman–Crippen LogP) is 1.69. The molecule has 10 heteroatoms. The summed E-state index contributed by atoms with van der Waals surface area (Å²) >= 11 is 0. The third-order valence-electron chi connectivity index (χ3n) is 6.51. The maximum Gasteiger partial charge on any atom is 0.333 e. The Morgan fingerprint density at radius 1 is 1.16 bits per heavy atom. The fraction of sp³-hybridized carbons (Fsp3) is 0.524. The lowest BCUT2D eigenvalue weighted by atomic mass is 9.99. The van der Waals surface area contributed by atoms with E-state index in [-0.39, 0.29) is 16.8 Å². The molecule has 1 aliphatic heterocycles. The molecule has 2 aliphatic carbocycles. The van der Waals surface area contributed by atoms with Crippen LogP contribution in [0.1, 0.15) is 35.1 Å². The summed E-state index contributed by atoms with van der Waals surface area (Å²) in [7, 11) is -0.260. The second-order valence-corrected chi connectivity index (χ2v) is 10.4. The Bertz CT molecular complexity index is 1120. The van der Waals surface area contributed by atoms with Crippen LogP contribution in [0.5, 0.6) is 5.88 Å². The van der Waals surface area contributed by atoms with E-state index < -0.39 is 16.1 Å². The van der Waals surface area contributed by atoms with Gasteiger partial charge in [-0.3, -0.25) is 0 Å². The monoisotopic (exact) mass is 445 g/mol. The third-order valence-corrected chi connectivity index (χ3v) is 7.83. The van der Waals surface area contributed by atoms with Gasteiger partial charge >= 0.3 is 6.03 Å². The molecule has 0 fully saturated rings. The molecule has 0 radical (unpaired) electrons. The Balaban J connectivity index is 1.37. The number of nitrogens with zero attached hydrogens (tertiary/aromatic N) is 3. The topological polar surface area (TPSA) is 106 Å². The lowest BCUT2D eigenvalue weighted by Gasteiger charge is -2.29. The number of anilines is 1. The number of ether oxygens (including phenoxy) is 1. The summed E-state index contributed by atoms with van der Waals surface area (Å²) in [6.45, 7) is 0.877. The predicted molar refractivity (Wildman–Crippen MR) is 115 cm³/mol. The van der Waals surface area contributed by atoms with Gasteiger partial charge < -0.3 is 15.0 Å². The Morgan fingerprint density at radius 2 is 1.84 bits per heavy atom. The molecule has 0 saturated carbocycles. The van der Waals surface area contributed by atoms with Crippen LogP contribution in [0.25, 0.3) is 0 Å². The average molecular weight is 446 g/mol. The molecular weight excluding hydrogens is 418 g/mol. The van der Waals surface area contributed by atoms with E-state index >= 15 is 0 Å². The van der Waals surface area contributed by atoms with Gasteiger partial charge in [-0.15, -0.1) is 0 Å². The fourth-order valence-corrected chi connectivity index (χ4v) is 5.83. The van der Waals surface area contributed by atoms with Crippen molar-refractivity contribution in [2.45, 2.75) is 56.0 Å². The highest BCUT2D eigenvalue weighted by Gasteiger charge is 2.32. The first-order chi connectivity index (χ1) is 14.8. The number of nitrogens with one attached hydrogen (secondary N) is 2. The van der Waals surface area contributed by atoms with Gasteiger partial charge in [0.05, 0.1) is 18.8 Å². The number of hydrogen-bond acceptors (Lipinski definition) is 6. The number of sulfonamides is 1. The molecular formula is C21H27N5O4S. The Morgan fingerprint density at radius 3 is 2.48 bits per heavy atom. The number of amides is 2. The van der Waals surface area contributed by atoms with Gasteiger partial charge in [-0.2, -0.15) is 5.10 Å². The zero-order chi connectivity index (χ0) is 21.8. The number of urea groups is 1. The molecule has 0 unspecified atom stereocenters. The van der Waals surface area contributed by atoms with Crippen molar-refractivity contribution in [1.29, 1.82) is 0 Å². The first-order valence-corrected chi connectivity index (χ1v) is 12.2. The largest absolute Gasteiger partial charge is 0.475 e. The zero-order valence-electron chi connectivity index (χ0n) is 17.8. The highest BCUT2D eigenvalue weighted by Crippen LogP contribution is 2.38. The lowest BCUT2D eigenvalue weighted by Crippen LogP contribution is -2.41. The summed E-state index contributed by atoms with van der Waals surface area (Å²) in [5, 5.41) is 7.01. The van der Waals surface area contributed by atoms with Crippen LogP contribution in [0.15, 0.2) is 17.2 Å². The molecule has 1 aromatic heterocycles. The number of carbonyl (C=O) groups is 1. The highest BCUT2D eigenvalue weighted by atomic mass is 32.2. The molecule has 0 spiro atoms. The minimum Gasteiger partial charge on any atom is -0.475 e. The van der Waals surface area contributed by atoms with Crippen LogP contribution in [0.3, 0.4) is 0 Å². The first kappa shape index (κ1) is 20.3. The van der Waals surface area contributed by atoms with Gasteiger partial charge in [-0.1, -0.05) is 6.07 Å². The molecule has 3 aliphatic rings. The van der Waals surface area contributed by atoms with Crippen molar-refractivity contribution in [3.63, 3.8) is 0 Å². The van der Waals surface area contributed by atoms with E-state index in [1.165, 1.54) is 22.0 Å². The van der Waals surface area contributed by atoms with Crippen LogP contribution < -0.4 is 14.8 Å². The van der Waals surface area contributed by atoms with Gasteiger partial charge in [0.25, 0.3) is 10.0 Å². The Hall–Kier alpha value is -2.59. The van der Waals surface area contributed by atoms with Crippen molar-refractivity contribution in [3.8, 4) is 5.88 Å². The van der Waals surface area contributed by atoms with Crippen LogP contribution in [-0.2, 0) is 42.3 Å². The highest BCUT2D eigenvalue weighted by molar-refractivity contribution is 7.90. The second kappa shape index (κ2) is 7.52. The summed E-state index contributed by atoms with van der Waals surface area (Å²) in [5.74, 6) is 0.167. The molecule has 0 bridgehead atoms. The molecule has 5 rings (SSSR count). The molecule has 0 saturated heterocycles. The average Bonchev–Trinajstić information content (AvgIpc) is 3.45. The third kappa shape index (κ3) is 3.57. The standard InChI is InChI=1S/C21H27N5O4S/c1-25(2)15-11-26-20(30-12-15)18(10-22-26)31(28,29)24-21(27)23-19-16-7-3-5-13(16)9-14-6-4-8-17(14)19/h9-10,15H,3-8,11-12H2,1-2H3,(H2,23,24,27)/t15-/m0/s1. The Labute approximate surface area is 181 Å². The molecule has 31 heavy (non-hydrogen) atoms. The first-order valence-electron chi connectivity index (χ1n) is 10.7. The summed E-state index contributed by atoms with van der Waals surface area (Å²) in [6.07, 6.45) is 7.17. The smallest absolute Gasteiger partial charge is 0.333 e. The van der Waals surface area contributed by atoms with E-state index in [0.29, 0.717) is 13.2 Å². The van der Waals surface area contributed by atoms with E-state index in [0.717, 1.165) is 55.3 Å². The van der Waals surface area contributed by atoms with Gasteiger partial charge in [-0.05, 0) is 74.9 Å². The summed E-state index contributed by atoms with van der Waals surface area (Å²) in [4.78, 5) is 14.6. The number of aryl methyl sites for hydroxylation is 2. The van der Waals surface area contributed by atoms with E-state index in [1.54, 1.807) is 0 Å². The number of aromatic nitrogens is 2. The number of fused-ring (bicyclic) bond motifs is 3. The van der Waals surface area contributed by atoms with Crippen LogP contribution in [0.4, 0.5) is 10.5 Å². The fourth-order valence-electron chi connectivity index (χ4n) is 4.84. The van der Waals surface area contributed by atoms with E-state index in [4.69, 9.17) is 4.74 Å². The van der Waals surface area contributed by atoms with Crippen molar-refractivity contribution in [2.24, 2.45) is 0 Å². The molecule has 2 N–H and O–H groups in total. The van der Waals surface area contributed by atoms with E-state index in [2.05, 4.69) is 21.2 Å². The van der Waals surface area contributed by atoms with Crippen molar-refractivity contribution >= 4 is 21.7 Å². The molecule has 2 aromatic rings. The van der Waals surface area contributed by atoms with E-state index in [9.17, 15) is 13.2 Å². The molecule has 1 aromatic carbocycles. The Kier molecular flexibility index (Phi) is 4.93. The van der Waals surface area contributed by atoms with Gasteiger partial charge in [0, 0.05) is 5.69 Å². The zero-order valence-corrected chi connectivity index (χ0v) is 18.6. The summed E-state index contributed by atoms with van der Waals surface area (Å²) in [5.41, 5.74) is 5.64. The van der Waals surface area contributed by atoms with Crippen molar-refractivity contribution in [1.82, 2.24) is 19.4 Å². The van der Waals surface area contributed by atoms with Crippen LogP contribution >= 0.6 is 0 Å².